The van der Waals surface area contributed by atoms with E-state index in [1.807, 2.05) is 13.0 Å². The quantitative estimate of drug-likeness (QED) is 0.492. The van der Waals surface area contributed by atoms with Gasteiger partial charge in [-0.3, -0.25) is 9.79 Å². The van der Waals surface area contributed by atoms with E-state index in [1.165, 1.54) is 18.2 Å². The summed E-state index contributed by atoms with van der Waals surface area (Å²) in [6, 6.07) is 8.99. The number of allylic oxidation sites excluding steroid dienone is 3. The molecule has 0 bridgehead atoms. The van der Waals surface area contributed by atoms with Gasteiger partial charge in [-0.1, -0.05) is 28.9 Å². The van der Waals surface area contributed by atoms with Gasteiger partial charge in [-0.2, -0.15) is 4.98 Å². The molecule has 1 aromatic carbocycles. The SMILES string of the molecule is C=N/C=C\C=C(/C)Cn1cc(-c2nc(-c3cccc(F)c3)no2)ccc1=O. The third-order valence-electron chi connectivity index (χ3n) is 3.73. The van der Waals surface area contributed by atoms with E-state index in [-0.39, 0.29) is 23.1 Å². The van der Waals surface area contributed by atoms with Gasteiger partial charge in [0.15, 0.2) is 0 Å². The predicted molar refractivity (Wildman–Crippen MR) is 102 cm³/mol. The van der Waals surface area contributed by atoms with Crippen molar-refractivity contribution >= 4 is 6.72 Å². The Hall–Kier alpha value is -3.61. The van der Waals surface area contributed by atoms with Crippen molar-refractivity contribution in [1.29, 1.82) is 0 Å². The van der Waals surface area contributed by atoms with E-state index < -0.39 is 0 Å². The molecule has 0 aliphatic carbocycles. The summed E-state index contributed by atoms with van der Waals surface area (Å²) in [7, 11) is 0. The van der Waals surface area contributed by atoms with Crippen LogP contribution in [-0.2, 0) is 6.54 Å². The standard InChI is InChI=1S/C20H17FN4O2/c1-14(5-4-10-22-2)12-25-13-16(8-9-18(25)26)20-23-19(24-27-20)15-6-3-7-17(21)11-15/h3-11,13H,2,12H2,1H3/b10-4-,14-5+. The first-order chi connectivity index (χ1) is 13.1. The maximum Gasteiger partial charge on any atom is 0.259 e. The monoisotopic (exact) mass is 364 g/mol. The molecule has 2 aromatic heterocycles. The van der Waals surface area contributed by atoms with Crippen molar-refractivity contribution in [2.45, 2.75) is 13.5 Å². The van der Waals surface area contributed by atoms with Crippen LogP contribution in [0, 0.1) is 5.82 Å². The molecule has 3 aromatic rings. The van der Waals surface area contributed by atoms with Crippen molar-refractivity contribution in [2.75, 3.05) is 0 Å². The van der Waals surface area contributed by atoms with Crippen LogP contribution in [0.15, 0.2) is 80.8 Å². The molecule has 0 unspecified atom stereocenters. The minimum Gasteiger partial charge on any atom is -0.334 e. The van der Waals surface area contributed by atoms with Crippen LogP contribution in [-0.4, -0.2) is 21.4 Å². The van der Waals surface area contributed by atoms with Crippen LogP contribution in [0.1, 0.15) is 6.92 Å². The fraction of sp³-hybridized carbons (Fsp3) is 0.100. The first kappa shape index (κ1) is 18.2. The first-order valence-electron chi connectivity index (χ1n) is 8.15. The van der Waals surface area contributed by atoms with Gasteiger partial charge < -0.3 is 9.09 Å². The molecule has 7 heteroatoms. The molecule has 3 rings (SSSR count). The Balaban J connectivity index is 1.88. The number of hydrogen-bond donors (Lipinski definition) is 0. The van der Waals surface area contributed by atoms with E-state index in [4.69, 9.17) is 4.52 Å². The number of rotatable bonds is 6. The molecule has 0 saturated carbocycles. The summed E-state index contributed by atoms with van der Waals surface area (Å²) < 4.78 is 20.2. The number of benzene rings is 1. The Morgan fingerprint density at radius 1 is 1.33 bits per heavy atom. The second-order valence-electron chi connectivity index (χ2n) is 5.85. The molecule has 0 amide bonds. The second-order valence-corrected chi connectivity index (χ2v) is 5.85. The topological polar surface area (TPSA) is 73.3 Å². The highest BCUT2D eigenvalue weighted by Gasteiger charge is 2.12. The zero-order valence-corrected chi connectivity index (χ0v) is 14.7. The molecule has 0 aliphatic heterocycles. The molecular formula is C20H17FN4O2. The van der Waals surface area contributed by atoms with Crippen LogP contribution in [0.2, 0.25) is 0 Å². The van der Waals surface area contributed by atoms with E-state index in [1.54, 1.807) is 41.2 Å². The summed E-state index contributed by atoms with van der Waals surface area (Å²) in [5.74, 6) is 0.149. The third-order valence-corrected chi connectivity index (χ3v) is 3.73. The lowest BCUT2D eigenvalue weighted by Crippen LogP contribution is -2.19. The number of nitrogens with zero attached hydrogens (tertiary/aromatic N) is 4. The van der Waals surface area contributed by atoms with Gasteiger partial charge in [-0.05, 0) is 37.9 Å². The van der Waals surface area contributed by atoms with E-state index in [9.17, 15) is 9.18 Å². The molecule has 0 N–H and O–H groups in total. The number of halogens is 1. The molecule has 6 nitrogen and oxygen atoms in total. The summed E-state index contributed by atoms with van der Waals surface area (Å²) >= 11 is 0. The highest BCUT2D eigenvalue weighted by Crippen LogP contribution is 2.22. The highest BCUT2D eigenvalue weighted by atomic mass is 19.1. The maximum atomic E-state index is 13.4. The zero-order valence-electron chi connectivity index (χ0n) is 14.7. The van der Waals surface area contributed by atoms with Crippen molar-refractivity contribution in [3.05, 3.63) is 82.7 Å². The number of aliphatic imine (C=N–C) groups is 1. The fourth-order valence-electron chi connectivity index (χ4n) is 2.46. The summed E-state index contributed by atoms with van der Waals surface area (Å²) in [6.45, 7) is 5.67. The van der Waals surface area contributed by atoms with Crippen molar-refractivity contribution in [3.63, 3.8) is 0 Å². The summed E-state index contributed by atoms with van der Waals surface area (Å²) in [5.41, 5.74) is 1.92. The van der Waals surface area contributed by atoms with Crippen LogP contribution >= 0.6 is 0 Å². The lowest BCUT2D eigenvalue weighted by Gasteiger charge is -2.06. The Labute approximate surface area is 155 Å². The second kappa shape index (κ2) is 8.18. The van der Waals surface area contributed by atoms with Crippen LogP contribution in [0.3, 0.4) is 0 Å². The van der Waals surface area contributed by atoms with Gasteiger partial charge in [-0.15, -0.1) is 0 Å². The molecule has 0 radical (unpaired) electrons. The molecule has 0 saturated heterocycles. The average molecular weight is 364 g/mol. The van der Waals surface area contributed by atoms with Crippen LogP contribution in [0.25, 0.3) is 22.8 Å². The largest absolute Gasteiger partial charge is 0.334 e. The Morgan fingerprint density at radius 3 is 2.96 bits per heavy atom. The van der Waals surface area contributed by atoms with Crippen molar-refractivity contribution in [1.82, 2.24) is 14.7 Å². The highest BCUT2D eigenvalue weighted by molar-refractivity contribution is 5.59. The molecule has 0 aliphatic rings. The summed E-state index contributed by atoms with van der Waals surface area (Å²) in [4.78, 5) is 20.0. The predicted octanol–water partition coefficient (Wildman–Crippen LogP) is 3.87. The zero-order chi connectivity index (χ0) is 19.2. The van der Waals surface area contributed by atoms with Crippen LogP contribution < -0.4 is 5.56 Å². The average Bonchev–Trinajstić information content (AvgIpc) is 3.14. The molecular weight excluding hydrogens is 347 g/mol. The minimum absolute atomic E-state index is 0.151. The van der Waals surface area contributed by atoms with Crippen molar-refractivity contribution < 1.29 is 8.91 Å². The van der Waals surface area contributed by atoms with Gasteiger partial charge in [0, 0.05) is 30.6 Å². The molecule has 136 valence electrons. The smallest absolute Gasteiger partial charge is 0.259 e. The minimum atomic E-state index is -0.379. The van der Waals surface area contributed by atoms with E-state index in [2.05, 4.69) is 21.9 Å². The van der Waals surface area contributed by atoms with Gasteiger partial charge in [0.2, 0.25) is 5.82 Å². The van der Waals surface area contributed by atoms with Crippen LogP contribution in [0.5, 0.6) is 0 Å². The van der Waals surface area contributed by atoms with E-state index in [0.717, 1.165) is 5.57 Å². The van der Waals surface area contributed by atoms with E-state index >= 15 is 0 Å². The molecule has 27 heavy (non-hydrogen) atoms. The van der Waals surface area contributed by atoms with Gasteiger partial charge >= 0.3 is 0 Å². The van der Waals surface area contributed by atoms with Crippen LogP contribution in [0.4, 0.5) is 4.39 Å². The third kappa shape index (κ3) is 4.52. The Bertz CT molecular complexity index is 1080. The van der Waals surface area contributed by atoms with E-state index in [0.29, 0.717) is 17.7 Å². The Kier molecular flexibility index (Phi) is 5.51. The number of pyridine rings is 1. The Morgan fingerprint density at radius 2 is 2.19 bits per heavy atom. The fourth-order valence-corrected chi connectivity index (χ4v) is 2.46. The van der Waals surface area contributed by atoms with Gasteiger partial charge in [0.05, 0.1) is 5.56 Å². The summed E-state index contributed by atoms with van der Waals surface area (Å²) in [5, 5.41) is 3.89. The maximum absolute atomic E-state index is 13.4. The molecule has 0 fully saturated rings. The number of aromatic nitrogens is 3. The normalized spacial score (nSPS) is 11.9. The lowest BCUT2D eigenvalue weighted by molar-refractivity contribution is 0.432. The van der Waals surface area contributed by atoms with Gasteiger partial charge in [0.1, 0.15) is 5.82 Å². The number of hydrogen-bond acceptors (Lipinski definition) is 5. The van der Waals surface area contributed by atoms with Gasteiger partial charge in [-0.25, -0.2) is 4.39 Å². The molecule has 2 heterocycles. The van der Waals surface area contributed by atoms with Crippen molar-refractivity contribution in [2.24, 2.45) is 4.99 Å². The van der Waals surface area contributed by atoms with Gasteiger partial charge in [0.25, 0.3) is 11.4 Å². The molecule has 0 atom stereocenters. The lowest BCUT2D eigenvalue weighted by atomic mass is 10.2. The summed E-state index contributed by atoms with van der Waals surface area (Å²) in [6.07, 6.45) is 6.82. The molecule has 0 spiro atoms. The van der Waals surface area contributed by atoms with Crippen molar-refractivity contribution in [3.8, 4) is 22.8 Å². The first-order valence-corrected chi connectivity index (χ1v) is 8.15.